The van der Waals surface area contributed by atoms with Crippen molar-refractivity contribution >= 4 is 44.1 Å². The van der Waals surface area contributed by atoms with Gasteiger partial charge in [0.2, 0.25) is 0 Å². The van der Waals surface area contributed by atoms with E-state index >= 15 is 4.39 Å². The smallest absolute Gasteiger partial charge is 0.301 e. The van der Waals surface area contributed by atoms with Crippen LogP contribution in [0.4, 0.5) is 9.52 Å². The molecular weight excluding hydrogens is 471 g/mol. The summed E-state index contributed by atoms with van der Waals surface area (Å²) in [6.45, 7) is 0. The quantitative estimate of drug-likeness (QED) is 0.239. The summed E-state index contributed by atoms with van der Waals surface area (Å²) < 4.78 is 26.2. The Labute approximate surface area is 203 Å². The zero-order valence-corrected chi connectivity index (χ0v) is 19.5. The van der Waals surface area contributed by atoms with Crippen molar-refractivity contribution in [3.8, 4) is 11.5 Å². The Hall–Kier alpha value is -4.24. The monoisotopic (exact) mass is 490 g/mol. The van der Waals surface area contributed by atoms with Crippen LogP contribution in [0, 0.1) is 5.82 Å². The summed E-state index contributed by atoms with van der Waals surface area (Å²) in [6, 6.07) is 16.2. The maximum Gasteiger partial charge on any atom is 0.301 e. The summed E-state index contributed by atoms with van der Waals surface area (Å²) in [6.07, 6.45) is 0. The van der Waals surface area contributed by atoms with Crippen LogP contribution in [0.1, 0.15) is 17.2 Å². The second-order valence-corrected chi connectivity index (χ2v) is 8.76. The van der Waals surface area contributed by atoms with E-state index < -0.39 is 29.3 Å². The highest BCUT2D eigenvalue weighted by atomic mass is 32.1. The van der Waals surface area contributed by atoms with Gasteiger partial charge < -0.3 is 14.6 Å². The molecule has 3 aromatic carbocycles. The summed E-state index contributed by atoms with van der Waals surface area (Å²) >= 11 is 1.17. The number of nitrogens with zero attached hydrogens (tertiary/aromatic N) is 2. The third-order valence-electron chi connectivity index (χ3n) is 5.80. The number of thiazole rings is 1. The number of amides is 1. The number of ketones is 1. The Bertz CT molecular complexity index is 1500. The highest BCUT2D eigenvalue weighted by Gasteiger charge is 2.49. The molecule has 5 rings (SSSR count). The second kappa shape index (κ2) is 8.84. The Morgan fingerprint density at radius 1 is 1.00 bits per heavy atom. The molecule has 9 heteroatoms. The number of ether oxygens (including phenoxy) is 2. The van der Waals surface area contributed by atoms with E-state index in [-0.39, 0.29) is 16.3 Å². The molecule has 1 aliphatic heterocycles. The standard InChI is InChI=1S/C26H19FN2O5S/c1-33-15-9-7-14(8-10-15)23(30)21-22(17-5-3-4-6-18(17)27)29(25(32)24(21)31)26-28-19-12-11-16(34-2)13-20(19)35-26/h3-13,22,30H,1-2H3. The lowest BCUT2D eigenvalue weighted by Gasteiger charge is -2.23. The number of anilines is 1. The number of benzene rings is 3. The average molecular weight is 491 g/mol. The highest BCUT2D eigenvalue weighted by Crippen LogP contribution is 2.45. The summed E-state index contributed by atoms with van der Waals surface area (Å²) in [4.78, 5) is 32.2. The van der Waals surface area contributed by atoms with Crippen LogP contribution >= 0.6 is 11.3 Å². The number of halogens is 1. The SMILES string of the molecule is COc1ccc(C(O)=C2C(=O)C(=O)N(c3nc4ccc(OC)cc4s3)C2c2ccccc2F)cc1. The van der Waals surface area contributed by atoms with Crippen molar-refractivity contribution in [1.29, 1.82) is 0 Å². The Morgan fingerprint density at radius 2 is 1.69 bits per heavy atom. The van der Waals surface area contributed by atoms with Gasteiger partial charge in [-0.15, -0.1) is 0 Å². The van der Waals surface area contributed by atoms with E-state index in [0.29, 0.717) is 22.6 Å². The van der Waals surface area contributed by atoms with Crippen molar-refractivity contribution in [2.24, 2.45) is 0 Å². The fourth-order valence-corrected chi connectivity index (χ4v) is 5.07. The Balaban J connectivity index is 1.72. The van der Waals surface area contributed by atoms with E-state index in [9.17, 15) is 14.7 Å². The van der Waals surface area contributed by atoms with Crippen molar-refractivity contribution < 1.29 is 28.6 Å². The van der Waals surface area contributed by atoms with Crippen LogP contribution in [0.2, 0.25) is 0 Å². The molecule has 1 N–H and O–H groups in total. The maximum atomic E-state index is 15.0. The molecule has 1 amide bonds. The highest BCUT2D eigenvalue weighted by molar-refractivity contribution is 7.22. The van der Waals surface area contributed by atoms with Crippen molar-refractivity contribution in [2.75, 3.05) is 19.1 Å². The first kappa shape index (κ1) is 22.5. The molecule has 0 spiro atoms. The van der Waals surface area contributed by atoms with Gasteiger partial charge in [0, 0.05) is 11.1 Å². The number of aliphatic hydroxyl groups is 1. The first-order valence-electron chi connectivity index (χ1n) is 10.6. The summed E-state index contributed by atoms with van der Waals surface area (Å²) in [5.41, 5.74) is 0.731. The zero-order chi connectivity index (χ0) is 24.7. The summed E-state index contributed by atoms with van der Waals surface area (Å²) in [5, 5.41) is 11.4. The number of methoxy groups -OCH3 is 2. The summed E-state index contributed by atoms with van der Waals surface area (Å²) in [5.74, 6) is -1.70. The Kier molecular flexibility index (Phi) is 5.70. The molecule has 0 saturated carbocycles. The van der Waals surface area contributed by atoms with Crippen LogP contribution in [0.3, 0.4) is 0 Å². The van der Waals surface area contributed by atoms with Crippen molar-refractivity contribution in [3.63, 3.8) is 0 Å². The minimum atomic E-state index is -1.21. The number of carbonyl (C=O) groups excluding carboxylic acids is 2. The number of fused-ring (bicyclic) bond motifs is 1. The van der Waals surface area contributed by atoms with E-state index in [4.69, 9.17) is 9.47 Å². The molecule has 35 heavy (non-hydrogen) atoms. The third-order valence-corrected chi connectivity index (χ3v) is 6.82. The molecule has 2 heterocycles. The molecule has 7 nitrogen and oxygen atoms in total. The van der Waals surface area contributed by atoms with Gasteiger partial charge in [-0.1, -0.05) is 29.5 Å². The van der Waals surface area contributed by atoms with Gasteiger partial charge in [0.25, 0.3) is 5.78 Å². The van der Waals surface area contributed by atoms with Crippen molar-refractivity contribution in [3.05, 3.63) is 89.2 Å². The molecule has 176 valence electrons. The number of hydrogen-bond donors (Lipinski definition) is 1. The number of rotatable bonds is 5. The number of carbonyl (C=O) groups is 2. The molecule has 1 fully saturated rings. The molecule has 1 atom stereocenters. The van der Waals surface area contributed by atoms with Gasteiger partial charge >= 0.3 is 5.91 Å². The number of Topliss-reactive ketones (excluding diaryl/α,β-unsaturated/α-hetero) is 1. The van der Waals surface area contributed by atoms with E-state index in [1.807, 2.05) is 0 Å². The van der Waals surface area contributed by atoms with Gasteiger partial charge in [0.05, 0.1) is 30.0 Å². The topological polar surface area (TPSA) is 89.0 Å². The van der Waals surface area contributed by atoms with Crippen LogP contribution < -0.4 is 14.4 Å². The Morgan fingerprint density at radius 3 is 2.37 bits per heavy atom. The van der Waals surface area contributed by atoms with Crippen LogP contribution in [0.25, 0.3) is 16.0 Å². The van der Waals surface area contributed by atoms with Crippen molar-refractivity contribution in [1.82, 2.24) is 4.98 Å². The van der Waals surface area contributed by atoms with Crippen LogP contribution in [0.5, 0.6) is 11.5 Å². The van der Waals surface area contributed by atoms with E-state index in [1.165, 1.54) is 36.6 Å². The van der Waals surface area contributed by atoms with Gasteiger partial charge in [0.1, 0.15) is 29.1 Å². The molecule has 1 aromatic heterocycles. The first-order valence-corrected chi connectivity index (χ1v) is 11.4. The van der Waals surface area contributed by atoms with Crippen LogP contribution in [-0.2, 0) is 9.59 Å². The molecule has 0 aliphatic carbocycles. The maximum absolute atomic E-state index is 15.0. The van der Waals surface area contributed by atoms with Gasteiger partial charge in [-0.25, -0.2) is 9.37 Å². The summed E-state index contributed by atoms with van der Waals surface area (Å²) in [7, 11) is 3.05. The fourth-order valence-electron chi connectivity index (χ4n) is 4.05. The van der Waals surface area contributed by atoms with Gasteiger partial charge in [-0.05, 0) is 48.5 Å². The molecule has 4 aromatic rings. The largest absolute Gasteiger partial charge is 0.507 e. The number of hydrogen-bond acceptors (Lipinski definition) is 7. The lowest BCUT2D eigenvalue weighted by Crippen LogP contribution is -2.29. The predicted octanol–water partition coefficient (Wildman–Crippen LogP) is 5.08. The minimum absolute atomic E-state index is 0.0681. The van der Waals surface area contributed by atoms with Crippen molar-refractivity contribution in [2.45, 2.75) is 6.04 Å². The van der Waals surface area contributed by atoms with Gasteiger partial charge in [-0.3, -0.25) is 14.5 Å². The third kappa shape index (κ3) is 3.79. The minimum Gasteiger partial charge on any atom is -0.507 e. The predicted molar refractivity (Wildman–Crippen MR) is 130 cm³/mol. The fraction of sp³-hybridized carbons (Fsp3) is 0.115. The molecule has 1 saturated heterocycles. The normalized spacial score (nSPS) is 17.2. The molecule has 1 unspecified atom stereocenters. The lowest BCUT2D eigenvalue weighted by molar-refractivity contribution is -0.132. The van der Waals surface area contributed by atoms with Crippen LogP contribution in [-0.4, -0.2) is 36.0 Å². The number of aliphatic hydroxyl groups excluding tert-OH is 1. The molecular formula is C26H19FN2O5S. The van der Waals surface area contributed by atoms with Gasteiger partial charge in [-0.2, -0.15) is 0 Å². The molecule has 0 bridgehead atoms. The first-order chi connectivity index (χ1) is 16.9. The molecule has 1 aliphatic rings. The van der Waals surface area contributed by atoms with Crippen LogP contribution in [0.15, 0.2) is 72.3 Å². The zero-order valence-electron chi connectivity index (χ0n) is 18.7. The second-order valence-electron chi connectivity index (χ2n) is 7.75. The van der Waals surface area contributed by atoms with E-state index in [1.54, 1.807) is 55.6 Å². The molecule has 0 radical (unpaired) electrons. The van der Waals surface area contributed by atoms with Gasteiger partial charge in [0.15, 0.2) is 5.13 Å². The lowest BCUT2D eigenvalue weighted by atomic mass is 9.95. The number of aromatic nitrogens is 1. The van der Waals surface area contributed by atoms with E-state index in [0.717, 1.165) is 9.60 Å². The average Bonchev–Trinajstić information content (AvgIpc) is 3.41. The van der Waals surface area contributed by atoms with E-state index in [2.05, 4.69) is 4.98 Å².